The summed E-state index contributed by atoms with van der Waals surface area (Å²) < 4.78 is 0. The van der Waals surface area contributed by atoms with Crippen molar-refractivity contribution in [3.63, 3.8) is 0 Å². The lowest BCUT2D eigenvalue weighted by Crippen LogP contribution is -2.33. The highest BCUT2D eigenvalue weighted by molar-refractivity contribution is 5.94. The van der Waals surface area contributed by atoms with Gasteiger partial charge in [0, 0.05) is 24.2 Å². The van der Waals surface area contributed by atoms with Crippen LogP contribution in [-0.4, -0.2) is 52.1 Å². The SMILES string of the molecule is Cc1cc(-c2cc(-c3ccc(C(=O)NCCN4CCCC4)cc3)[nH]c(=O)n2)ccc1O. The summed E-state index contributed by atoms with van der Waals surface area (Å²) >= 11 is 0. The number of phenols is 1. The van der Waals surface area contributed by atoms with E-state index in [9.17, 15) is 14.7 Å². The number of benzene rings is 2. The van der Waals surface area contributed by atoms with Crippen LogP contribution in [0.2, 0.25) is 0 Å². The van der Waals surface area contributed by atoms with E-state index in [1.54, 1.807) is 43.3 Å². The Kier molecular flexibility index (Phi) is 6.13. The second-order valence-electron chi connectivity index (χ2n) is 7.87. The molecule has 7 heteroatoms. The van der Waals surface area contributed by atoms with Crippen molar-refractivity contribution in [1.82, 2.24) is 20.2 Å². The molecule has 3 aromatic rings. The van der Waals surface area contributed by atoms with E-state index >= 15 is 0 Å². The van der Waals surface area contributed by atoms with Gasteiger partial charge in [0.1, 0.15) is 5.75 Å². The molecule has 1 saturated heterocycles. The average Bonchev–Trinajstić information content (AvgIpc) is 3.29. The monoisotopic (exact) mass is 418 g/mol. The van der Waals surface area contributed by atoms with Crippen molar-refractivity contribution >= 4 is 5.91 Å². The van der Waals surface area contributed by atoms with Crippen molar-refractivity contribution in [2.75, 3.05) is 26.2 Å². The minimum absolute atomic E-state index is 0.103. The van der Waals surface area contributed by atoms with Gasteiger partial charge in [0.15, 0.2) is 0 Å². The normalized spacial score (nSPS) is 14.0. The molecule has 4 rings (SSSR count). The predicted octanol–water partition coefficient (Wildman–Crippen LogP) is 2.94. The molecule has 0 atom stereocenters. The molecule has 0 spiro atoms. The van der Waals surface area contributed by atoms with Gasteiger partial charge in [-0.3, -0.25) is 4.79 Å². The van der Waals surface area contributed by atoms with Gasteiger partial charge < -0.3 is 20.3 Å². The number of nitrogens with one attached hydrogen (secondary N) is 2. The lowest BCUT2D eigenvalue weighted by molar-refractivity contribution is 0.0950. The van der Waals surface area contributed by atoms with Crippen molar-refractivity contribution in [3.8, 4) is 28.3 Å². The van der Waals surface area contributed by atoms with E-state index in [0.717, 1.165) is 30.8 Å². The van der Waals surface area contributed by atoms with Crippen LogP contribution in [0.4, 0.5) is 0 Å². The van der Waals surface area contributed by atoms with Gasteiger partial charge in [0.25, 0.3) is 5.91 Å². The number of hydrogen-bond donors (Lipinski definition) is 3. The third kappa shape index (κ3) is 5.00. The lowest BCUT2D eigenvalue weighted by Gasteiger charge is -2.14. The first-order valence-electron chi connectivity index (χ1n) is 10.5. The van der Waals surface area contributed by atoms with Gasteiger partial charge in [-0.25, -0.2) is 4.79 Å². The van der Waals surface area contributed by atoms with Crippen molar-refractivity contribution in [1.29, 1.82) is 0 Å². The van der Waals surface area contributed by atoms with Crippen LogP contribution in [0.1, 0.15) is 28.8 Å². The summed E-state index contributed by atoms with van der Waals surface area (Å²) in [5, 5.41) is 12.7. The van der Waals surface area contributed by atoms with Crippen molar-refractivity contribution in [2.24, 2.45) is 0 Å². The third-order valence-corrected chi connectivity index (χ3v) is 5.61. The number of carbonyl (C=O) groups is 1. The molecule has 0 aliphatic carbocycles. The Balaban J connectivity index is 1.48. The maximum absolute atomic E-state index is 12.4. The maximum Gasteiger partial charge on any atom is 0.345 e. The first kappa shape index (κ1) is 20.8. The number of aromatic nitrogens is 2. The smallest absolute Gasteiger partial charge is 0.345 e. The number of nitrogens with zero attached hydrogens (tertiary/aromatic N) is 2. The molecule has 2 heterocycles. The predicted molar refractivity (Wildman–Crippen MR) is 120 cm³/mol. The zero-order chi connectivity index (χ0) is 21.8. The fourth-order valence-electron chi connectivity index (χ4n) is 3.81. The van der Waals surface area contributed by atoms with Crippen LogP contribution in [0.5, 0.6) is 5.75 Å². The number of hydrogen-bond acceptors (Lipinski definition) is 5. The first-order chi connectivity index (χ1) is 15.0. The molecule has 1 amide bonds. The molecule has 1 aliphatic rings. The van der Waals surface area contributed by atoms with Gasteiger partial charge in [0.2, 0.25) is 0 Å². The molecule has 1 fully saturated rings. The van der Waals surface area contributed by atoms with E-state index < -0.39 is 5.69 Å². The van der Waals surface area contributed by atoms with Crippen LogP contribution in [0, 0.1) is 6.92 Å². The number of aryl methyl sites for hydroxylation is 1. The van der Waals surface area contributed by atoms with Gasteiger partial charge in [-0.15, -0.1) is 0 Å². The number of H-pyrrole nitrogens is 1. The van der Waals surface area contributed by atoms with Gasteiger partial charge >= 0.3 is 5.69 Å². The zero-order valence-corrected chi connectivity index (χ0v) is 17.5. The number of aromatic hydroxyl groups is 1. The second-order valence-corrected chi connectivity index (χ2v) is 7.87. The molecule has 1 aromatic heterocycles. The minimum atomic E-state index is -0.457. The fourth-order valence-corrected chi connectivity index (χ4v) is 3.81. The van der Waals surface area contributed by atoms with E-state index in [-0.39, 0.29) is 11.7 Å². The molecule has 0 bridgehead atoms. The summed E-state index contributed by atoms with van der Waals surface area (Å²) in [7, 11) is 0. The lowest BCUT2D eigenvalue weighted by atomic mass is 10.0. The number of amides is 1. The van der Waals surface area contributed by atoms with Gasteiger partial charge in [-0.05, 0) is 80.4 Å². The number of rotatable bonds is 6. The second kappa shape index (κ2) is 9.14. The standard InChI is InChI=1S/C24H26N4O3/c1-16-14-19(8-9-22(16)29)21-15-20(26-24(31)27-21)17-4-6-18(7-5-17)23(30)25-10-13-28-11-2-3-12-28/h4-9,14-15,29H,2-3,10-13H2,1H3,(H,25,30)(H,26,27,31). The molecule has 0 saturated carbocycles. The third-order valence-electron chi connectivity index (χ3n) is 5.61. The van der Waals surface area contributed by atoms with Crippen molar-refractivity contribution < 1.29 is 9.90 Å². The summed E-state index contributed by atoms with van der Waals surface area (Å²) in [5.74, 6) is 0.0948. The van der Waals surface area contributed by atoms with Crippen LogP contribution in [0.15, 0.2) is 53.3 Å². The van der Waals surface area contributed by atoms with E-state index in [1.807, 2.05) is 12.1 Å². The highest BCUT2D eigenvalue weighted by Crippen LogP contribution is 2.26. The summed E-state index contributed by atoms with van der Waals surface area (Å²) in [6, 6.07) is 14.0. The van der Waals surface area contributed by atoms with Crippen LogP contribution in [0.25, 0.3) is 22.5 Å². The summed E-state index contributed by atoms with van der Waals surface area (Å²) in [4.78, 5) is 33.7. The molecule has 1 aliphatic heterocycles. The Bertz CT molecular complexity index is 1130. The molecular formula is C24H26N4O3. The van der Waals surface area contributed by atoms with Gasteiger partial charge in [-0.2, -0.15) is 4.98 Å². The van der Waals surface area contributed by atoms with E-state index in [2.05, 4.69) is 20.2 Å². The fraction of sp³-hybridized carbons (Fsp3) is 0.292. The summed E-state index contributed by atoms with van der Waals surface area (Å²) in [5.41, 5.74) is 3.49. The molecule has 0 unspecified atom stereocenters. The molecule has 31 heavy (non-hydrogen) atoms. The van der Waals surface area contributed by atoms with Gasteiger partial charge in [0.05, 0.1) is 11.4 Å². The van der Waals surface area contributed by atoms with Gasteiger partial charge in [-0.1, -0.05) is 12.1 Å². The van der Waals surface area contributed by atoms with E-state index in [0.29, 0.717) is 29.1 Å². The Morgan fingerprint density at radius 2 is 1.81 bits per heavy atom. The minimum Gasteiger partial charge on any atom is -0.508 e. The van der Waals surface area contributed by atoms with Crippen LogP contribution < -0.4 is 11.0 Å². The van der Waals surface area contributed by atoms with Crippen molar-refractivity contribution in [3.05, 3.63) is 70.1 Å². The molecule has 3 N–H and O–H groups in total. The quantitative estimate of drug-likeness (QED) is 0.572. The molecule has 0 radical (unpaired) electrons. The van der Waals surface area contributed by atoms with E-state index in [1.165, 1.54) is 12.8 Å². The Hall–Kier alpha value is -3.45. The Morgan fingerprint density at radius 1 is 1.10 bits per heavy atom. The van der Waals surface area contributed by atoms with Crippen LogP contribution in [0.3, 0.4) is 0 Å². The molecular weight excluding hydrogens is 392 g/mol. The largest absolute Gasteiger partial charge is 0.508 e. The Labute approximate surface area is 180 Å². The van der Waals surface area contributed by atoms with E-state index in [4.69, 9.17) is 0 Å². The molecule has 2 aromatic carbocycles. The number of aromatic amines is 1. The zero-order valence-electron chi connectivity index (χ0n) is 17.5. The molecule has 7 nitrogen and oxygen atoms in total. The number of phenolic OH excluding ortho intramolecular Hbond substituents is 1. The maximum atomic E-state index is 12.4. The topological polar surface area (TPSA) is 98.3 Å². The number of likely N-dealkylation sites (tertiary alicyclic amines) is 1. The highest BCUT2D eigenvalue weighted by Gasteiger charge is 2.12. The molecule has 160 valence electrons. The summed E-state index contributed by atoms with van der Waals surface area (Å²) in [6.45, 7) is 5.53. The van der Waals surface area contributed by atoms with Crippen LogP contribution in [-0.2, 0) is 0 Å². The Morgan fingerprint density at radius 3 is 2.52 bits per heavy atom. The highest BCUT2D eigenvalue weighted by atomic mass is 16.3. The van der Waals surface area contributed by atoms with Crippen molar-refractivity contribution in [2.45, 2.75) is 19.8 Å². The first-order valence-corrected chi connectivity index (χ1v) is 10.5. The number of carbonyl (C=O) groups excluding carboxylic acids is 1. The van der Waals surface area contributed by atoms with Crippen LogP contribution >= 0.6 is 0 Å². The average molecular weight is 418 g/mol. The summed E-state index contributed by atoms with van der Waals surface area (Å²) in [6.07, 6.45) is 2.47.